The Morgan fingerprint density at radius 2 is 2.18 bits per heavy atom. The summed E-state index contributed by atoms with van der Waals surface area (Å²) in [6.45, 7) is 6.27. The number of carbonyl (C=O) groups excluding carboxylic acids is 1. The Morgan fingerprint density at radius 3 is 2.89 bits per heavy atom. The number of ether oxygens (including phenoxy) is 2. The van der Waals surface area contributed by atoms with Crippen LogP contribution in [0.4, 0.5) is 5.82 Å². The van der Waals surface area contributed by atoms with E-state index in [4.69, 9.17) is 9.47 Å². The molecule has 1 aliphatic heterocycles. The fourth-order valence-corrected chi connectivity index (χ4v) is 3.67. The first kappa shape index (κ1) is 20.0. The number of nitrogens with zero attached hydrogens (tertiary/aromatic N) is 1. The lowest BCUT2D eigenvalue weighted by Gasteiger charge is -2.25. The lowest BCUT2D eigenvalue weighted by molar-refractivity contribution is -0.116. The zero-order chi connectivity index (χ0) is 20.1. The van der Waals surface area contributed by atoms with Gasteiger partial charge in [-0.25, -0.2) is 4.98 Å². The number of rotatable bonds is 8. The summed E-state index contributed by atoms with van der Waals surface area (Å²) in [7, 11) is 1.57. The molecule has 0 spiro atoms. The second-order valence-corrected chi connectivity index (χ2v) is 7.31. The van der Waals surface area contributed by atoms with Crippen LogP contribution in [0.1, 0.15) is 36.8 Å². The van der Waals surface area contributed by atoms with Crippen LogP contribution in [-0.2, 0) is 4.79 Å². The van der Waals surface area contributed by atoms with Crippen molar-refractivity contribution in [3.8, 4) is 11.5 Å². The molecule has 0 bridgehead atoms. The van der Waals surface area contributed by atoms with Gasteiger partial charge in [-0.05, 0) is 24.1 Å². The highest BCUT2D eigenvalue weighted by Gasteiger charge is 2.31. The van der Waals surface area contributed by atoms with Crippen LogP contribution < -0.4 is 20.3 Å². The van der Waals surface area contributed by atoms with Crippen molar-refractivity contribution in [2.24, 2.45) is 0 Å². The molecule has 1 aliphatic rings. The van der Waals surface area contributed by atoms with E-state index >= 15 is 0 Å². The van der Waals surface area contributed by atoms with Gasteiger partial charge in [0.15, 0.2) is 16.7 Å². The van der Waals surface area contributed by atoms with E-state index in [1.54, 1.807) is 13.2 Å². The van der Waals surface area contributed by atoms with Crippen LogP contribution in [0.15, 0.2) is 40.8 Å². The van der Waals surface area contributed by atoms with Crippen molar-refractivity contribution in [1.82, 2.24) is 9.97 Å². The Kier molecular flexibility index (Phi) is 6.41. The third-order valence-corrected chi connectivity index (χ3v) is 5.19. The average Bonchev–Trinajstić information content (AvgIpc) is 2.69. The molecule has 0 saturated heterocycles. The van der Waals surface area contributed by atoms with E-state index in [2.05, 4.69) is 21.9 Å². The first-order valence-electron chi connectivity index (χ1n) is 9.05. The van der Waals surface area contributed by atoms with Gasteiger partial charge in [0.1, 0.15) is 5.82 Å². The molecule has 0 saturated carbocycles. The summed E-state index contributed by atoms with van der Waals surface area (Å²) < 4.78 is 11.1. The van der Waals surface area contributed by atoms with E-state index in [1.165, 1.54) is 11.8 Å². The smallest absolute Gasteiger partial charge is 0.257 e. The summed E-state index contributed by atoms with van der Waals surface area (Å²) in [5.41, 5.74) is 0.995. The third kappa shape index (κ3) is 4.22. The molecule has 28 heavy (non-hydrogen) atoms. The number of fused-ring (bicyclic) bond motifs is 1. The molecule has 0 unspecified atom stereocenters. The Bertz CT molecular complexity index is 942. The van der Waals surface area contributed by atoms with Crippen LogP contribution >= 0.6 is 11.8 Å². The number of nitrogens with one attached hydrogen (secondary N) is 2. The summed E-state index contributed by atoms with van der Waals surface area (Å²) in [5, 5.41) is 3.17. The molecule has 2 N–H and O–H groups in total. The van der Waals surface area contributed by atoms with Crippen LogP contribution in [0.3, 0.4) is 0 Å². The van der Waals surface area contributed by atoms with E-state index in [0.29, 0.717) is 40.4 Å². The van der Waals surface area contributed by atoms with E-state index in [-0.39, 0.29) is 17.9 Å². The van der Waals surface area contributed by atoms with Crippen molar-refractivity contribution >= 4 is 23.5 Å². The maximum atomic E-state index is 12.8. The minimum Gasteiger partial charge on any atom is -0.493 e. The normalized spacial score (nSPS) is 15.5. The summed E-state index contributed by atoms with van der Waals surface area (Å²) in [4.78, 5) is 32.2. The van der Waals surface area contributed by atoms with Crippen LogP contribution in [0.5, 0.6) is 11.5 Å². The summed E-state index contributed by atoms with van der Waals surface area (Å²) in [5.74, 6) is 1.53. The van der Waals surface area contributed by atoms with Crippen molar-refractivity contribution in [2.45, 2.75) is 30.8 Å². The highest BCUT2D eigenvalue weighted by atomic mass is 32.2. The van der Waals surface area contributed by atoms with Gasteiger partial charge in [0, 0.05) is 18.1 Å². The topological polar surface area (TPSA) is 93.3 Å². The first-order valence-corrected chi connectivity index (χ1v) is 10.0. The number of amides is 1. The lowest BCUT2D eigenvalue weighted by atomic mass is 9.86. The van der Waals surface area contributed by atoms with Gasteiger partial charge in [0.05, 0.1) is 19.3 Å². The van der Waals surface area contributed by atoms with Crippen molar-refractivity contribution < 1.29 is 14.3 Å². The van der Waals surface area contributed by atoms with Crippen molar-refractivity contribution in [3.63, 3.8) is 0 Å². The van der Waals surface area contributed by atoms with Gasteiger partial charge in [-0.15, -0.1) is 6.58 Å². The highest BCUT2D eigenvalue weighted by Crippen LogP contribution is 2.38. The number of aromatic nitrogens is 2. The fraction of sp³-hybridized carbons (Fsp3) is 0.350. The van der Waals surface area contributed by atoms with Gasteiger partial charge in [0.2, 0.25) is 5.91 Å². The largest absolute Gasteiger partial charge is 0.493 e. The van der Waals surface area contributed by atoms with Gasteiger partial charge in [0.25, 0.3) is 5.56 Å². The number of carbonyl (C=O) groups is 1. The van der Waals surface area contributed by atoms with Crippen LogP contribution in [-0.4, -0.2) is 35.3 Å². The predicted molar refractivity (Wildman–Crippen MR) is 110 cm³/mol. The fourth-order valence-electron chi connectivity index (χ4n) is 3.07. The van der Waals surface area contributed by atoms with Gasteiger partial charge >= 0.3 is 0 Å². The van der Waals surface area contributed by atoms with Gasteiger partial charge in [-0.1, -0.05) is 30.8 Å². The van der Waals surface area contributed by atoms with E-state index in [0.717, 1.165) is 12.0 Å². The molecule has 1 amide bonds. The Balaban J connectivity index is 2.01. The summed E-state index contributed by atoms with van der Waals surface area (Å²) in [6.07, 6.45) is 2.77. The molecule has 0 aliphatic carbocycles. The third-order valence-electron chi connectivity index (χ3n) is 4.32. The van der Waals surface area contributed by atoms with Crippen LogP contribution in [0.25, 0.3) is 0 Å². The lowest BCUT2D eigenvalue weighted by Crippen LogP contribution is -2.31. The maximum absolute atomic E-state index is 12.8. The number of hydrogen-bond acceptors (Lipinski definition) is 6. The quantitative estimate of drug-likeness (QED) is 0.400. The Morgan fingerprint density at radius 1 is 1.36 bits per heavy atom. The second kappa shape index (κ2) is 8.97. The molecule has 2 aromatic rings. The van der Waals surface area contributed by atoms with Crippen molar-refractivity contribution in [2.75, 3.05) is 24.8 Å². The highest BCUT2D eigenvalue weighted by molar-refractivity contribution is 7.99. The summed E-state index contributed by atoms with van der Waals surface area (Å²) in [6, 6.07) is 5.49. The number of thioether (sulfide) groups is 1. The number of benzene rings is 1. The summed E-state index contributed by atoms with van der Waals surface area (Å²) >= 11 is 1.35. The molecule has 0 fully saturated rings. The predicted octanol–water partition coefficient (Wildman–Crippen LogP) is 3.32. The molecule has 148 valence electrons. The van der Waals surface area contributed by atoms with E-state index in [1.807, 2.05) is 25.1 Å². The minimum absolute atomic E-state index is 0.162. The van der Waals surface area contributed by atoms with Crippen LogP contribution in [0, 0.1) is 0 Å². The first-order chi connectivity index (χ1) is 13.6. The van der Waals surface area contributed by atoms with Crippen molar-refractivity contribution in [1.29, 1.82) is 0 Å². The average molecular weight is 401 g/mol. The number of aromatic amines is 1. The second-order valence-electron chi connectivity index (χ2n) is 6.30. The van der Waals surface area contributed by atoms with E-state index < -0.39 is 5.92 Å². The maximum Gasteiger partial charge on any atom is 0.257 e. The molecule has 3 rings (SSSR count). The SMILES string of the molecule is C=CCSc1nc2c(c(=O)[nH]1)[C@@H](c1ccc(OCCC)c(OC)c1)CC(=O)N2. The molecule has 1 aromatic heterocycles. The minimum atomic E-state index is -0.410. The number of anilines is 1. The number of methoxy groups -OCH3 is 1. The molecular weight excluding hydrogens is 378 g/mol. The number of H-pyrrole nitrogens is 1. The zero-order valence-electron chi connectivity index (χ0n) is 15.9. The van der Waals surface area contributed by atoms with E-state index in [9.17, 15) is 9.59 Å². The molecule has 2 heterocycles. The zero-order valence-corrected chi connectivity index (χ0v) is 16.7. The Labute approximate surface area is 167 Å². The molecule has 0 radical (unpaired) electrons. The van der Waals surface area contributed by atoms with Gasteiger partial charge in [-0.3, -0.25) is 9.59 Å². The van der Waals surface area contributed by atoms with Crippen LogP contribution in [0.2, 0.25) is 0 Å². The molecule has 7 nitrogen and oxygen atoms in total. The number of hydrogen-bond donors (Lipinski definition) is 2. The monoisotopic (exact) mass is 401 g/mol. The molecule has 1 atom stereocenters. The standard InChI is InChI=1S/C20H23N3O4S/c1-4-8-27-14-7-6-12(10-15(14)26-3)13-11-16(24)21-18-17(13)19(25)23-20(22-18)28-9-5-2/h5-7,10,13H,2,4,8-9,11H2,1,3H3,(H2,21,22,23,24,25)/t13-/m1/s1. The molecule has 1 aromatic carbocycles. The van der Waals surface area contributed by atoms with Gasteiger partial charge < -0.3 is 19.8 Å². The van der Waals surface area contributed by atoms with Gasteiger partial charge in [-0.2, -0.15) is 0 Å². The van der Waals surface area contributed by atoms with Crippen molar-refractivity contribution in [3.05, 3.63) is 52.3 Å². The molecular formula is C20H23N3O4S. The Hall–Kier alpha value is -2.74. The molecule has 8 heteroatoms.